The number of aromatic nitrogens is 3. The molecule has 0 spiro atoms. The molecule has 3 aromatic heterocycles. The summed E-state index contributed by atoms with van der Waals surface area (Å²) in [6.07, 6.45) is 3.40. The number of anilines is 1. The number of amides is 1. The van der Waals surface area contributed by atoms with Gasteiger partial charge in [-0.25, -0.2) is 9.78 Å². The summed E-state index contributed by atoms with van der Waals surface area (Å²) in [5.41, 5.74) is 3.49. The van der Waals surface area contributed by atoms with Gasteiger partial charge in [0.2, 0.25) is 0 Å². The molecule has 0 aliphatic carbocycles. The van der Waals surface area contributed by atoms with Gasteiger partial charge in [-0.3, -0.25) is 15.1 Å². The Kier molecular flexibility index (Phi) is 5.13. The maximum absolute atomic E-state index is 12.6. The number of esters is 1. The van der Waals surface area contributed by atoms with E-state index in [2.05, 4.69) is 20.3 Å². The van der Waals surface area contributed by atoms with Crippen LogP contribution in [0.25, 0.3) is 11.3 Å². The average Bonchev–Trinajstić information content (AvgIpc) is 3.20. The molecule has 26 heavy (non-hydrogen) atoms. The molecule has 2 N–H and O–H groups in total. The molecule has 0 aromatic carbocycles. The van der Waals surface area contributed by atoms with Gasteiger partial charge in [-0.2, -0.15) is 0 Å². The highest BCUT2D eigenvalue weighted by Crippen LogP contribution is 2.25. The summed E-state index contributed by atoms with van der Waals surface area (Å²) >= 11 is 1.32. The summed E-state index contributed by atoms with van der Waals surface area (Å²) in [6.45, 7) is 5.47. The van der Waals surface area contributed by atoms with Crippen LogP contribution in [-0.2, 0) is 4.74 Å². The molecule has 0 saturated heterocycles. The van der Waals surface area contributed by atoms with E-state index >= 15 is 0 Å². The second kappa shape index (κ2) is 7.49. The normalized spacial score (nSPS) is 10.6. The van der Waals surface area contributed by atoms with Crippen LogP contribution in [0, 0.1) is 13.8 Å². The highest BCUT2D eigenvalue weighted by atomic mass is 32.1. The summed E-state index contributed by atoms with van der Waals surface area (Å²) in [6, 6.07) is 3.73. The van der Waals surface area contributed by atoms with Gasteiger partial charge >= 0.3 is 5.97 Å². The SMILES string of the molecule is CCOC(=O)c1c(C)[nH]c(C(=O)Nc2nc(-c3cccnc3)cs2)c1C. The van der Waals surface area contributed by atoms with Gasteiger partial charge in [-0.1, -0.05) is 0 Å². The minimum absolute atomic E-state index is 0.278. The number of nitrogens with one attached hydrogen (secondary N) is 2. The zero-order valence-corrected chi connectivity index (χ0v) is 15.4. The quantitative estimate of drug-likeness (QED) is 0.669. The molecule has 3 heterocycles. The van der Waals surface area contributed by atoms with Crippen molar-refractivity contribution < 1.29 is 14.3 Å². The van der Waals surface area contributed by atoms with Crippen molar-refractivity contribution in [3.63, 3.8) is 0 Å². The van der Waals surface area contributed by atoms with Crippen LogP contribution in [0.1, 0.15) is 39.0 Å². The third-order valence-corrected chi connectivity index (χ3v) is 4.58. The number of hydrogen-bond acceptors (Lipinski definition) is 6. The van der Waals surface area contributed by atoms with Crippen molar-refractivity contribution in [1.82, 2.24) is 15.0 Å². The van der Waals surface area contributed by atoms with Gasteiger partial charge in [0.05, 0.1) is 17.9 Å². The number of pyridine rings is 1. The molecule has 0 atom stereocenters. The van der Waals surface area contributed by atoms with Crippen LogP contribution in [0.4, 0.5) is 5.13 Å². The molecule has 3 rings (SSSR count). The monoisotopic (exact) mass is 370 g/mol. The molecule has 134 valence electrons. The van der Waals surface area contributed by atoms with E-state index in [1.54, 1.807) is 33.2 Å². The van der Waals surface area contributed by atoms with Crippen molar-refractivity contribution in [3.05, 3.63) is 52.4 Å². The summed E-state index contributed by atoms with van der Waals surface area (Å²) < 4.78 is 5.05. The number of nitrogens with zero attached hydrogens (tertiary/aromatic N) is 2. The average molecular weight is 370 g/mol. The standard InChI is InChI=1S/C18H18N4O3S/c1-4-25-17(24)14-10(2)15(20-11(14)3)16(23)22-18-21-13(9-26-18)12-6-5-7-19-8-12/h5-9,20H,4H2,1-3H3,(H,21,22,23). The van der Waals surface area contributed by atoms with Crippen molar-refractivity contribution in [2.45, 2.75) is 20.8 Å². The molecule has 0 aliphatic heterocycles. The van der Waals surface area contributed by atoms with E-state index in [0.29, 0.717) is 27.6 Å². The van der Waals surface area contributed by atoms with E-state index in [-0.39, 0.29) is 12.5 Å². The number of carbonyl (C=O) groups is 2. The highest BCUT2D eigenvalue weighted by Gasteiger charge is 2.23. The molecule has 0 fully saturated rings. The first-order valence-corrected chi connectivity index (χ1v) is 8.92. The molecule has 0 bridgehead atoms. The van der Waals surface area contributed by atoms with E-state index in [0.717, 1.165) is 11.3 Å². The Bertz CT molecular complexity index is 947. The zero-order valence-electron chi connectivity index (χ0n) is 14.6. The molecular weight excluding hydrogens is 352 g/mol. The number of rotatable bonds is 5. The first-order valence-electron chi connectivity index (χ1n) is 8.04. The minimum Gasteiger partial charge on any atom is -0.462 e. The fraction of sp³-hybridized carbons (Fsp3) is 0.222. The maximum Gasteiger partial charge on any atom is 0.340 e. The number of hydrogen-bond donors (Lipinski definition) is 2. The Morgan fingerprint density at radius 1 is 1.35 bits per heavy atom. The van der Waals surface area contributed by atoms with Crippen LogP contribution in [0.2, 0.25) is 0 Å². The Morgan fingerprint density at radius 2 is 2.15 bits per heavy atom. The highest BCUT2D eigenvalue weighted by molar-refractivity contribution is 7.14. The van der Waals surface area contributed by atoms with Gasteiger partial charge in [-0.15, -0.1) is 11.3 Å². The molecule has 3 aromatic rings. The molecule has 0 radical (unpaired) electrons. The first-order chi connectivity index (χ1) is 12.5. The lowest BCUT2D eigenvalue weighted by molar-refractivity contribution is 0.0525. The van der Waals surface area contributed by atoms with Crippen LogP contribution in [0.5, 0.6) is 0 Å². The fourth-order valence-corrected chi connectivity index (χ4v) is 3.34. The Morgan fingerprint density at radius 3 is 2.85 bits per heavy atom. The Labute approximate surface area is 154 Å². The number of carbonyl (C=O) groups excluding carboxylic acids is 2. The van der Waals surface area contributed by atoms with E-state index in [9.17, 15) is 9.59 Å². The summed E-state index contributed by atoms with van der Waals surface area (Å²) in [5, 5.41) is 5.09. The molecule has 7 nitrogen and oxygen atoms in total. The summed E-state index contributed by atoms with van der Waals surface area (Å²) in [5.74, 6) is -0.792. The molecule has 8 heteroatoms. The number of H-pyrrole nitrogens is 1. The smallest absolute Gasteiger partial charge is 0.340 e. The van der Waals surface area contributed by atoms with Crippen molar-refractivity contribution >= 4 is 28.3 Å². The topological polar surface area (TPSA) is 97.0 Å². The van der Waals surface area contributed by atoms with Gasteiger partial charge in [0.25, 0.3) is 5.91 Å². The minimum atomic E-state index is -0.439. The summed E-state index contributed by atoms with van der Waals surface area (Å²) in [4.78, 5) is 36.1. The van der Waals surface area contributed by atoms with Crippen molar-refractivity contribution in [3.8, 4) is 11.3 Å². The van der Waals surface area contributed by atoms with Gasteiger partial charge < -0.3 is 9.72 Å². The van der Waals surface area contributed by atoms with Gasteiger partial charge in [-0.05, 0) is 38.5 Å². The van der Waals surface area contributed by atoms with Crippen molar-refractivity contribution in [2.24, 2.45) is 0 Å². The van der Waals surface area contributed by atoms with Crippen LogP contribution < -0.4 is 5.32 Å². The number of thiazole rings is 1. The third-order valence-electron chi connectivity index (χ3n) is 3.83. The number of aryl methyl sites for hydroxylation is 1. The van der Waals surface area contributed by atoms with Gasteiger partial charge in [0.15, 0.2) is 5.13 Å². The largest absolute Gasteiger partial charge is 0.462 e. The van der Waals surface area contributed by atoms with Crippen LogP contribution in [0.3, 0.4) is 0 Å². The lowest BCUT2D eigenvalue weighted by Crippen LogP contribution is -2.14. The van der Waals surface area contributed by atoms with E-state index in [4.69, 9.17) is 4.74 Å². The Balaban J connectivity index is 1.80. The van der Waals surface area contributed by atoms with Crippen LogP contribution in [0.15, 0.2) is 29.9 Å². The lowest BCUT2D eigenvalue weighted by atomic mass is 10.1. The third kappa shape index (κ3) is 3.50. The molecular formula is C18H18N4O3S. The van der Waals surface area contributed by atoms with Crippen molar-refractivity contribution in [2.75, 3.05) is 11.9 Å². The maximum atomic E-state index is 12.6. The molecule has 0 unspecified atom stereocenters. The molecule has 0 saturated carbocycles. The van der Waals surface area contributed by atoms with E-state index < -0.39 is 5.97 Å². The second-order valence-electron chi connectivity index (χ2n) is 5.58. The lowest BCUT2D eigenvalue weighted by Gasteiger charge is -2.03. The van der Waals surface area contributed by atoms with Gasteiger partial charge in [0.1, 0.15) is 5.69 Å². The van der Waals surface area contributed by atoms with E-state index in [1.165, 1.54) is 11.3 Å². The van der Waals surface area contributed by atoms with Gasteiger partial charge in [0, 0.05) is 29.0 Å². The fourth-order valence-electron chi connectivity index (χ4n) is 2.62. The predicted molar refractivity (Wildman–Crippen MR) is 99.5 cm³/mol. The molecule has 1 amide bonds. The predicted octanol–water partition coefficient (Wildman–Crippen LogP) is 3.58. The first kappa shape index (κ1) is 17.8. The summed E-state index contributed by atoms with van der Waals surface area (Å²) in [7, 11) is 0. The van der Waals surface area contributed by atoms with E-state index in [1.807, 2.05) is 17.5 Å². The van der Waals surface area contributed by atoms with Crippen LogP contribution in [-0.4, -0.2) is 33.4 Å². The van der Waals surface area contributed by atoms with Crippen LogP contribution >= 0.6 is 11.3 Å². The second-order valence-corrected chi connectivity index (χ2v) is 6.44. The zero-order chi connectivity index (χ0) is 18.7. The number of ether oxygens (including phenoxy) is 1. The Hall–Kier alpha value is -3.00. The molecule has 0 aliphatic rings. The van der Waals surface area contributed by atoms with Crippen molar-refractivity contribution in [1.29, 1.82) is 0 Å². The number of aromatic amines is 1.